The van der Waals surface area contributed by atoms with Gasteiger partial charge in [0.15, 0.2) is 21.9 Å². The summed E-state index contributed by atoms with van der Waals surface area (Å²) in [5.74, 6) is 1.44. The highest BCUT2D eigenvalue weighted by molar-refractivity contribution is 7.15. The average molecular weight is 938 g/mol. The lowest BCUT2D eigenvalue weighted by molar-refractivity contribution is -0.485. The number of hydrogen-bond donors (Lipinski definition) is 3. The number of rotatable bonds is 10. The summed E-state index contributed by atoms with van der Waals surface area (Å²) in [6, 6.07) is 10.3. The Morgan fingerprint density at radius 3 is 2.42 bits per heavy atom. The van der Waals surface area contributed by atoms with Crippen molar-refractivity contribution in [3.8, 4) is 18.1 Å². The van der Waals surface area contributed by atoms with Crippen LogP contribution < -0.4 is 25.2 Å². The quantitative estimate of drug-likeness (QED) is 0.0407. The van der Waals surface area contributed by atoms with Crippen LogP contribution in [0.3, 0.4) is 0 Å². The highest BCUT2D eigenvalue weighted by Crippen LogP contribution is 2.47. The SMILES string of the molecule is C#CCN1C(=O)COc2cc(F)c(N3C(=O)C4=C(CCCC4)C3=O)cc21.CC(C)C1CCC(Cc2ccc(Cl)cc2)C1(O)Cn1cncn1.CN/C(=N\[N+](=O)[O-])NCc1cnc(Cl)s1. The van der Waals surface area contributed by atoms with Crippen molar-refractivity contribution in [2.75, 3.05) is 30.0 Å². The number of guanidine groups is 1. The second-order valence-corrected chi connectivity index (χ2v) is 17.9. The molecule has 2 aliphatic carbocycles. The number of aromatic nitrogens is 4. The smallest absolute Gasteiger partial charge is 0.268 e. The molecule has 3 amide bonds. The van der Waals surface area contributed by atoms with E-state index in [-0.39, 0.29) is 54.0 Å². The lowest BCUT2D eigenvalue weighted by atomic mass is 9.76. The monoisotopic (exact) mass is 936 g/mol. The van der Waals surface area contributed by atoms with Crippen LogP contribution in [-0.4, -0.2) is 79.4 Å². The van der Waals surface area contributed by atoms with Gasteiger partial charge in [-0.15, -0.1) is 17.8 Å². The van der Waals surface area contributed by atoms with Crippen LogP contribution >= 0.6 is 34.5 Å². The number of carbonyl (C=O) groups excluding carboxylic acids is 3. The van der Waals surface area contributed by atoms with E-state index in [2.05, 4.69) is 62.7 Å². The molecule has 17 nitrogen and oxygen atoms in total. The topological polar surface area (TPSA) is 210 Å². The Morgan fingerprint density at radius 1 is 1.14 bits per heavy atom. The molecule has 338 valence electrons. The van der Waals surface area contributed by atoms with Gasteiger partial charge in [-0.2, -0.15) is 5.10 Å². The van der Waals surface area contributed by atoms with E-state index in [1.54, 1.807) is 17.2 Å². The molecule has 0 bridgehead atoms. The van der Waals surface area contributed by atoms with E-state index in [1.165, 1.54) is 41.2 Å². The highest BCUT2D eigenvalue weighted by Gasteiger charge is 2.50. The number of carbonyl (C=O) groups is 3. The third-order valence-electron chi connectivity index (χ3n) is 11.5. The lowest BCUT2D eigenvalue weighted by Crippen LogP contribution is -2.46. The highest BCUT2D eigenvalue weighted by atomic mass is 35.5. The summed E-state index contributed by atoms with van der Waals surface area (Å²) in [7, 11) is 1.54. The van der Waals surface area contributed by atoms with Gasteiger partial charge in [-0.1, -0.05) is 55.1 Å². The maximum Gasteiger partial charge on any atom is 0.268 e. The number of fused-ring (bicyclic) bond motifs is 1. The van der Waals surface area contributed by atoms with Crippen molar-refractivity contribution in [3.63, 3.8) is 0 Å². The van der Waals surface area contributed by atoms with Gasteiger partial charge in [0.2, 0.25) is 0 Å². The van der Waals surface area contributed by atoms with Gasteiger partial charge < -0.3 is 20.5 Å². The number of nitro groups is 1. The van der Waals surface area contributed by atoms with Crippen molar-refractivity contribution in [3.05, 3.63) is 102 Å². The van der Waals surface area contributed by atoms with Crippen molar-refractivity contribution in [2.24, 2.45) is 22.9 Å². The number of terminal acetylenes is 1. The molecular formula is C43H47Cl2FN10O7S. The number of halogens is 3. The van der Waals surface area contributed by atoms with Crippen LogP contribution in [0.1, 0.15) is 62.8 Å². The first-order valence-electron chi connectivity index (χ1n) is 20.5. The molecule has 3 unspecified atom stereocenters. The molecule has 2 aromatic carbocycles. The van der Waals surface area contributed by atoms with E-state index in [9.17, 15) is 34.0 Å². The minimum Gasteiger partial charge on any atom is -0.481 e. The molecule has 2 aliphatic heterocycles. The van der Waals surface area contributed by atoms with Crippen molar-refractivity contribution in [1.29, 1.82) is 0 Å². The molecule has 0 spiro atoms. The van der Waals surface area contributed by atoms with Crippen LogP contribution in [0.4, 0.5) is 15.8 Å². The van der Waals surface area contributed by atoms with Crippen molar-refractivity contribution in [1.82, 2.24) is 30.4 Å². The Morgan fingerprint density at radius 2 is 1.84 bits per heavy atom. The summed E-state index contributed by atoms with van der Waals surface area (Å²) in [6.45, 7) is 5.02. The molecule has 64 heavy (non-hydrogen) atoms. The van der Waals surface area contributed by atoms with Gasteiger partial charge in [0.25, 0.3) is 23.7 Å². The molecule has 21 heteroatoms. The molecular weight excluding hydrogens is 891 g/mol. The molecule has 4 aromatic rings. The summed E-state index contributed by atoms with van der Waals surface area (Å²) in [5.41, 5.74) is 1.47. The number of nitrogens with zero attached hydrogens (tertiary/aromatic N) is 8. The number of aliphatic hydroxyl groups is 1. The fourth-order valence-electron chi connectivity index (χ4n) is 8.49. The summed E-state index contributed by atoms with van der Waals surface area (Å²) in [6.07, 6.45) is 15.8. The fourth-order valence-corrected chi connectivity index (χ4v) is 9.54. The first-order chi connectivity index (χ1) is 30.6. The van der Waals surface area contributed by atoms with Gasteiger partial charge in [0.05, 0.1) is 36.6 Å². The molecule has 4 aliphatic rings. The number of hydrogen-bond acceptors (Lipinski definition) is 11. The molecule has 3 atom stereocenters. The van der Waals surface area contributed by atoms with Crippen molar-refractivity contribution >= 4 is 69.6 Å². The normalized spacial score (nSPS) is 20.4. The number of ether oxygens (including phenoxy) is 1. The van der Waals surface area contributed by atoms with E-state index in [0.29, 0.717) is 47.5 Å². The van der Waals surface area contributed by atoms with Gasteiger partial charge in [-0.25, -0.2) is 29.4 Å². The lowest BCUT2D eigenvalue weighted by Gasteiger charge is -2.37. The van der Waals surface area contributed by atoms with E-state index in [0.717, 1.165) is 53.0 Å². The second kappa shape index (κ2) is 21.2. The summed E-state index contributed by atoms with van der Waals surface area (Å²) >= 11 is 12.9. The Bertz CT molecular complexity index is 2430. The number of anilines is 2. The number of amides is 3. The molecule has 8 rings (SSSR count). The first-order valence-corrected chi connectivity index (χ1v) is 22.1. The first kappa shape index (κ1) is 47.5. The molecule has 1 saturated carbocycles. The van der Waals surface area contributed by atoms with Gasteiger partial charge in [0, 0.05) is 40.4 Å². The molecule has 0 saturated heterocycles. The van der Waals surface area contributed by atoms with Crippen molar-refractivity contribution in [2.45, 2.75) is 77.5 Å². The van der Waals surface area contributed by atoms with E-state index in [4.69, 9.17) is 34.4 Å². The predicted molar refractivity (Wildman–Crippen MR) is 240 cm³/mol. The molecule has 3 N–H and O–H groups in total. The third kappa shape index (κ3) is 11.0. The van der Waals surface area contributed by atoms with Crippen molar-refractivity contribution < 1.29 is 33.6 Å². The van der Waals surface area contributed by atoms with Crippen LogP contribution in [0.5, 0.6) is 5.75 Å². The number of imide groups is 1. The van der Waals surface area contributed by atoms with E-state index >= 15 is 0 Å². The zero-order chi connectivity index (χ0) is 46.1. The van der Waals surface area contributed by atoms with Crippen LogP contribution in [-0.2, 0) is 33.9 Å². The molecule has 0 radical (unpaired) electrons. The second-order valence-electron chi connectivity index (χ2n) is 15.8. The van der Waals surface area contributed by atoms with Gasteiger partial charge >= 0.3 is 0 Å². The summed E-state index contributed by atoms with van der Waals surface area (Å²) < 4.78 is 22.1. The maximum atomic E-state index is 14.7. The Hall–Kier alpha value is -5.94. The number of nitrogens with one attached hydrogen (secondary N) is 2. The van der Waals surface area contributed by atoms with Crippen LogP contribution in [0.2, 0.25) is 9.49 Å². The van der Waals surface area contributed by atoms with Crippen LogP contribution in [0, 0.1) is 46.0 Å². The number of benzene rings is 2. The minimum atomic E-state index is -0.779. The minimum absolute atomic E-state index is 0.0170. The number of thiazole rings is 1. The van der Waals surface area contributed by atoms with E-state index < -0.39 is 28.3 Å². The molecule has 4 heterocycles. The zero-order valence-electron chi connectivity index (χ0n) is 35.3. The summed E-state index contributed by atoms with van der Waals surface area (Å²) in [5, 5.41) is 34.2. The van der Waals surface area contributed by atoms with E-state index in [1.807, 2.05) is 12.1 Å². The zero-order valence-corrected chi connectivity index (χ0v) is 37.6. The maximum absolute atomic E-state index is 14.7. The fraction of sp³-hybridized carbons (Fsp3) is 0.419. The molecule has 2 aromatic heterocycles. The Kier molecular flexibility index (Phi) is 15.7. The molecule has 1 fully saturated rings. The van der Waals surface area contributed by atoms with Gasteiger partial charge in [-0.05, 0) is 86.5 Å². The number of hydrazone groups is 1. The van der Waals surface area contributed by atoms with Crippen LogP contribution in [0.15, 0.2) is 71.5 Å². The third-order valence-corrected chi connectivity index (χ3v) is 12.8. The average Bonchev–Trinajstić information content (AvgIpc) is 4.06. The van der Waals surface area contributed by atoms with Gasteiger partial charge in [0.1, 0.15) is 23.5 Å². The van der Waals surface area contributed by atoms with Crippen LogP contribution in [0.25, 0.3) is 0 Å². The largest absolute Gasteiger partial charge is 0.481 e. The Balaban J connectivity index is 0.000000166. The standard InChI is InChI=1S/C19H15FN2O4.C18H24ClN3O.C6H8ClN5O2S/c1-2-7-21-15-9-14(13(20)8-16(15)26-10-17(21)23)22-18(24)11-5-3-4-6-12(11)19(22)25;1-13(2)17-8-5-15(9-14-3-6-16(19)7-4-14)18(17,23)10-22-12-20-11-21-22;1-8-6(11-12(13)14)10-3-4-2-9-5(7)15-4/h1,8-9H,3-7,10H2;3-4,6-7,11-13,15,17,23H,5,8-10H2,1-2H3;2H,3H2,1H3,(H2,8,10,11). The Labute approximate surface area is 382 Å². The summed E-state index contributed by atoms with van der Waals surface area (Å²) in [4.78, 5) is 58.3. The van der Waals surface area contributed by atoms with Gasteiger partial charge in [-0.3, -0.25) is 24.0 Å². The predicted octanol–water partition coefficient (Wildman–Crippen LogP) is 6.17.